The normalized spacial score (nSPS) is 26.2. The molecule has 2 atom stereocenters. The summed E-state index contributed by atoms with van der Waals surface area (Å²) in [7, 11) is 0. The highest BCUT2D eigenvalue weighted by molar-refractivity contribution is 9.10. The van der Waals surface area contributed by atoms with E-state index in [2.05, 4.69) is 42.0 Å². The first-order valence-electron chi connectivity index (χ1n) is 7.01. The summed E-state index contributed by atoms with van der Waals surface area (Å²) in [5, 5.41) is 3.54. The van der Waals surface area contributed by atoms with Gasteiger partial charge < -0.3 is 5.32 Å². The van der Waals surface area contributed by atoms with Gasteiger partial charge in [-0.05, 0) is 71.1 Å². The molecule has 1 nitrogen and oxygen atoms in total. The molecule has 1 fully saturated rings. The second-order valence-electron chi connectivity index (χ2n) is 6.72. The molecule has 1 saturated carbocycles. The van der Waals surface area contributed by atoms with Gasteiger partial charge in [0.1, 0.15) is 5.82 Å². The maximum atomic E-state index is 13.6. The number of hydrogen-bond acceptors (Lipinski definition) is 1. The van der Waals surface area contributed by atoms with E-state index >= 15 is 0 Å². The van der Waals surface area contributed by atoms with Gasteiger partial charge in [-0.1, -0.05) is 20.8 Å². The fraction of sp³-hybridized carbons (Fsp3) is 0.625. The summed E-state index contributed by atoms with van der Waals surface area (Å²) in [6, 6.07) is 3.90. The third kappa shape index (κ3) is 3.50. The molecule has 0 aliphatic heterocycles. The van der Waals surface area contributed by atoms with E-state index < -0.39 is 0 Å². The number of benzene rings is 1. The van der Waals surface area contributed by atoms with Gasteiger partial charge in [-0.2, -0.15) is 0 Å². The minimum Gasteiger partial charge on any atom is -0.382 e. The lowest BCUT2D eigenvalue weighted by Crippen LogP contribution is -2.37. The maximum Gasteiger partial charge on any atom is 0.139 e. The van der Waals surface area contributed by atoms with Crippen molar-refractivity contribution < 1.29 is 4.39 Å². The number of hydrogen-bond donors (Lipinski definition) is 1. The molecule has 1 aliphatic rings. The third-order valence-electron chi connectivity index (χ3n) is 4.30. The molecule has 0 spiro atoms. The highest BCUT2D eigenvalue weighted by atomic mass is 79.9. The van der Waals surface area contributed by atoms with Gasteiger partial charge in [0.15, 0.2) is 0 Å². The van der Waals surface area contributed by atoms with Gasteiger partial charge in [-0.3, -0.25) is 0 Å². The Balaban J connectivity index is 2.12. The topological polar surface area (TPSA) is 12.0 Å². The van der Waals surface area contributed by atoms with Crippen molar-refractivity contribution in [3.8, 4) is 0 Å². The predicted molar refractivity (Wildman–Crippen MR) is 83.0 cm³/mol. The summed E-state index contributed by atoms with van der Waals surface area (Å²) in [6.07, 6.45) is 3.61. The lowest BCUT2D eigenvalue weighted by molar-refractivity contribution is 0.177. The molecular formula is C16H23BrFN. The molecule has 2 unspecified atom stereocenters. The van der Waals surface area contributed by atoms with E-state index in [1.807, 2.05) is 13.0 Å². The molecule has 0 amide bonds. The van der Waals surface area contributed by atoms with Crippen molar-refractivity contribution >= 4 is 21.6 Å². The van der Waals surface area contributed by atoms with Crippen molar-refractivity contribution in [2.24, 2.45) is 11.3 Å². The summed E-state index contributed by atoms with van der Waals surface area (Å²) in [5.41, 5.74) is 2.46. The second kappa shape index (κ2) is 5.43. The lowest BCUT2D eigenvalue weighted by Gasteiger charge is -2.40. The van der Waals surface area contributed by atoms with E-state index in [1.54, 1.807) is 6.07 Å². The Morgan fingerprint density at radius 2 is 2.05 bits per heavy atom. The van der Waals surface area contributed by atoms with Crippen LogP contribution in [0.4, 0.5) is 10.1 Å². The van der Waals surface area contributed by atoms with Gasteiger partial charge in [0.2, 0.25) is 0 Å². The molecule has 1 aromatic carbocycles. The molecule has 1 aromatic rings. The zero-order valence-electron chi connectivity index (χ0n) is 12.2. The monoisotopic (exact) mass is 327 g/mol. The van der Waals surface area contributed by atoms with E-state index in [1.165, 1.54) is 12.8 Å². The van der Waals surface area contributed by atoms with Gasteiger partial charge in [-0.15, -0.1) is 0 Å². The van der Waals surface area contributed by atoms with Crippen LogP contribution in [0.2, 0.25) is 0 Å². The lowest BCUT2D eigenvalue weighted by atomic mass is 9.70. The van der Waals surface area contributed by atoms with Crippen LogP contribution in [0.15, 0.2) is 16.6 Å². The van der Waals surface area contributed by atoms with Crippen molar-refractivity contribution in [1.82, 2.24) is 0 Å². The van der Waals surface area contributed by atoms with Crippen molar-refractivity contribution in [2.45, 2.75) is 53.0 Å². The molecule has 3 heteroatoms. The van der Waals surface area contributed by atoms with Crippen LogP contribution in [-0.4, -0.2) is 6.04 Å². The SMILES string of the molecule is Cc1cc(Br)c(F)cc1NC1CCC(C)(C)CC1C. The molecular weight excluding hydrogens is 305 g/mol. The Hall–Kier alpha value is -0.570. The number of halogens is 2. The summed E-state index contributed by atoms with van der Waals surface area (Å²) in [6.45, 7) is 8.99. The Kier molecular flexibility index (Phi) is 4.24. The van der Waals surface area contributed by atoms with Crippen LogP contribution in [0.5, 0.6) is 0 Å². The summed E-state index contributed by atoms with van der Waals surface area (Å²) < 4.78 is 14.2. The summed E-state index contributed by atoms with van der Waals surface area (Å²) in [4.78, 5) is 0. The highest BCUT2D eigenvalue weighted by Crippen LogP contribution is 2.40. The van der Waals surface area contributed by atoms with Gasteiger partial charge in [0, 0.05) is 11.7 Å². The van der Waals surface area contributed by atoms with Crippen LogP contribution in [0.25, 0.3) is 0 Å². The molecule has 1 aliphatic carbocycles. The van der Waals surface area contributed by atoms with Gasteiger partial charge >= 0.3 is 0 Å². The number of nitrogens with one attached hydrogen (secondary N) is 1. The Bertz CT molecular complexity index is 470. The van der Waals surface area contributed by atoms with Crippen LogP contribution in [0.1, 0.15) is 45.6 Å². The number of rotatable bonds is 2. The van der Waals surface area contributed by atoms with Crippen molar-refractivity contribution in [3.05, 3.63) is 28.0 Å². The highest BCUT2D eigenvalue weighted by Gasteiger charge is 2.32. The molecule has 0 heterocycles. The maximum absolute atomic E-state index is 13.6. The van der Waals surface area contributed by atoms with Crippen molar-refractivity contribution in [2.75, 3.05) is 5.32 Å². The second-order valence-corrected chi connectivity index (χ2v) is 7.57. The minimum atomic E-state index is -0.197. The zero-order chi connectivity index (χ0) is 14.2. The fourth-order valence-electron chi connectivity index (χ4n) is 3.16. The summed E-state index contributed by atoms with van der Waals surface area (Å²) in [5.74, 6) is 0.423. The van der Waals surface area contributed by atoms with E-state index in [4.69, 9.17) is 0 Å². The number of aryl methyl sites for hydroxylation is 1. The molecule has 106 valence electrons. The van der Waals surface area contributed by atoms with Gasteiger partial charge in [-0.25, -0.2) is 4.39 Å². The van der Waals surface area contributed by atoms with Gasteiger partial charge in [0.05, 0.1) is 4.47 Å². The van der Waals surface area contributed by atoms with Crippen LogP contribution in [0, 0.1) is 24.1 Å². The standard InChI is InChI=1S/C16H23BrFN/c1-10-7-12(17)13(18)8-15(10)19-14-5-6-16(3,4)9-11(14)2/h7-8,11,14,19H,5-6,9H2,1-4H3. The van der Waals surface area contributed by atoms with E-state index in [0.717, 1.165) is 17.7 Å². The average molecular weight is 328 g/mol. The molecule has 1 N–H and O–H groups in total. The molecule has 19 heavy (non-hydrogen) atoms. The Morgan fingerprint density at radius 3 is 2.68 bits per heavy atom. The van der Waals surface area contributed by atoms with Crippen molar-refractivity contribution in [3.63, 3.8) is 0 Å². The first-order chi connectivity index (χ1) is 8.78. The first-order valence-corrected chi connectivity index (χ1v) is 7.80. The van der Waals surface area contributed by atoms with Crippen LogP contribution in [0.3, 0.4) is 0 Å². The molecule has 2 rings (SSSR count). The quantitative estimate of drug-likeness (QED) is 0.753. The van der Waals surface area contributed by atoms with Crippen LogP contribution in [-0.2, 0) is 0 Å². The molecule has 0 radical (unpaired) electrons. The largest absolute Gasteiger partial charge is 0.382 e. The van der Waals surface area contributed by atoms with E-state index in [0.29, 0.717) is 21.8 Å². The zero-order valence-corrected chi connectivity index (χ0v) is 13.8. The van der Waals surface area contributed by atoms with Crippen LogP contribution < -0.4 is 5.32 Å². The van der Waals surface area contributed by atoms with Gasteiger partial charge in [0.25, 0.3) is 0 Å². The minimum absolute atomic E-state index is 0.197. The molecule has 0 bridgehead atoms. The average Bonchev–Trinajstić information content (AvgIpc) is 2.28. The fourth-order valence-corrected chi connectivity index (χ4v) is 3.62. The smallest absolute Gasteiger partial charge is 0.139 e. The molecule has 0 saturated heterocycles. The first kappa shape index (κ1) is 14.8. The number of anilines is 1. The summed E-state index contributed by atoms with van der Waals surface area (Å²) >= 11 is 3.23. The molecule has 0 aromatic heterocycles. The third-order valence-corrected chi connectivity index (χ3v) is 4.91. The van der Waals surface area contributed by atoms with Crippen molar-refractivity contribution in [1.29, 1.82) is 0 Å². The Morgan fingerprint density at radius 1 is 1.37 bits per heavy atom. The van der Waals surface area contributed by atoms with E-state index in [-0.39, 0.29) is 5.82 Å². The van der Waals surface area contributed by atoms with Crippen LogP contribution >= 0.6 is 15.9 Å². The Labute approximate surface area is 124 Å². The predicted octanol–water partition coefficient (Wildman–Crippen LogP) is 5.52. The van der Waals surface area contributed by atoms with E-state index in [9.17, 15) is 4.39 Å².